The van der Waals surface area contributed by atoms with Crippen LogP contribution >= 0.6 is 0 Å². The summed E-state index contributed by atoms with van der Waals surface area (Å²) < 4.78 is 38.2. The van der Waals surface area contributed by atoms with Gasteiger partial charge in [0, 0.05) is 12.4 Å². The maximum atomic E-state index is 12.9. The van der Waals surface area contributed by atoms with Crippen LogP contribution in [0.15, 0.2) is 63.9 Å². The third kappa shape index (κ3) is 2.79. The third-order valence-corrected chi connectivity index (χ3v) is 6.10. The van der Waals surface area contributed by atoms with Crippen molar-refractivity contribution in [1.82, 2.24) is 4.31 Å². The van der Waals surface area contributed by atoms with E-state index in [0.29, 0.717) is 11.5 Å². The molecule has 0 N–H and O–H groups in total. The first kappa shape index (κ1) is 16.5. The molecule has 0 radical (unpaired) electrons. The molecule has 0 bridgehead atoms. The van der Waals surface area contributed by atoms with E-state index in [0.717, 1.165) is 11.0 Å². The van der Waals surface area contributed by atoms with Crippen LogP contribution in [-0.2, 0) is 10.0 Å². The minimum atomic E-state index is -3.72. The zero-order valence-corrected chi connectivity index (χ0v) is 14.6. The molecule has 3 aromatic rings. The summed E-state index contributed by atoms with van der Waals surface area (Å²) in [6.45, 7) is 1.80. The van der Waals surface area contributed by atoms with Crippen molar-refractivity contribution in [2.75, 3.05) is 14.2 Å². The van der Waals surface area contributed by atoms with Crippen molar-refractivity contribution in [2.45, 2.75) is 17.9 Å². The molecule has 0 aliphatic carbocycles. The Kier molecular flexibility index (Phi) is 4.34. The Hall–Kier alpha value is -2.31. The van der Waals surface area contributed by atoms with Gasteiger partial charge in [-0.2, -0.15) is 4.31 Å². The minimum Gasteiger partial charge on any atom is -0.495 e. The van der Waals surface area contributed by atoms with Crippen molar-refractivity contribution in [3.8, 4) is 5.75 Å². The van der Waals surface area contributed by atoms with Gasteiger partial charge in [0.05, 0.1) is 13.2 Å². The first-order chi connectivity index (χ1) is 11.4. The van der Waals surface area contributed by atoms with Gasteiger partial charge in [-0.05, 0) is 31.2 Å². The summed E-state index contributed by atoms with van der Waals surface area (Å²) >= 11 is 0. The van der Waals surface area contributed by atoms with Crippen LogP contribution in [-0.4, -0.2) is 26.9 Å². The third-order valence-electron chi connectivity index (χ3n) is 4.13. The Morgan fingerprint density at radius 3 is 2.46 bits per heavy atom. The van der Waals surface area contributed by atoms with E-state index >= 15 is 0 Å². The highest BCUT2D eigenvalue weighted by Gasteiger charge is 2.30. The highest BCUT2D eigenvalue weighted by Crippen LogP contribution is 2.32. The number of para-hydroxylation sites is 2. The molecule has 0 saturated carbocycles. The molecule has 1 heterocycles. The summed E-state index contributed by atoms with van der Waals surface area (Å²) in [5.41, 5.74) is 0.738. The monoisotopic (exact) mass is 345 g/mol. The first-order valence-electron chi connectivity index (χ1n) is 7.54. The van der Waals surface area contributed by atoms with E-state index in [1.165, 1.54) is 17.5 Å². The van der Waals surface area contributed by atoms with Crippen molar-refractivity contribution in [3.05, 3.63) is 60.4 Å². The number of rotatable bonds is 5. The van der Waals surface area contributed by atoms with Crippen LogP contribution in [0.2, 0.25) is 0 Å². The van der Waals surface area contributed by atoms with E-state index in [9.17, 15) is 8.42 Å². The summed E-state index contributed by atoms with van der Waals surface area (Å²) in [5, 5.41) is 0.947. The second kappa shape index (κ2) is 6.30. The first-order valence-corrected chi connectivity index (χ1v) is 8.98. The molecule has 0 spiro atoms. The van der Waals surface area contributed by atoms with E-state index in [1.807, 2.05) is 30.3 Å². The summed E-state index contributed by atoms with van der Waals surface area (Å²) in [6, 6.07) is 15.6. The van der Waals surface area contributed by atoms with Crippen LogP contribution in [0, 0.1) is 0 Å². The van der Waals surface area contributed by atoms with E-state index in [4.69, 9.17) is 9.15 Å². The van der Waals surface area contributed by atoms with Gasteiger partial charge in [0.1, 0.15) is 22.0 Å². The molecule has 0 saturated heterocycles. The maximum absolute atomic E-state index is 12.9. The molecule has 1 atom stereocenters. The molecule has 5 nitrogen and oxygen atoms in total. The molecule has 6 heteroatoms. The normalized spacial score (nSPS) is 13.3. The average molecular weight is 345 g/mol. The van der Waals surface area contributed by atoms with E-state index in [-0.39, 0.29) is 4.90 Å². The molecule has 0 fully saturated rings. The fourth-order valence-corrected chi connectivity index (χ4v) is 4.07. The van der Waals surface area contributed by atoms with Gasteiger partial charge < -0.3 is 9.15 Å². The highest BCUT2D eigenvalue weighted by molar-refractivity contribution is 7.89. The molecule has 24 heavy (non-hydrogen) atoms. The number of sulfonamides is 1. The number of methoxy groups -OCH3 is 1. The molecule has 0 aliphatic rings. The van der Waals surface area contributed by atoms with Gasteiger partial charge in [0.15, 0.2) is 0 Å². The van der Waals surface area contributed by atoms with Crippen molar-refractivity contribution < 1.29 is 17.6 Å². The number of furan rings is 1. The molecule has 2 aromatic carbocycles. The molecule has 1 unspecified atom stereocenters. The predicted molar refractivity (Wildman–Crippen MR) is 92.6 cm³/mol. The smallest absolute Gasteiger partial charge is 0.247 e. The highest BCUT2D eigenvalue weighted by atomic mass is 32.2. The second-order valence-electron chi connectivity index (χ2n) is 5.53. The lowest BCUT2D eigenvalue weighted by Gasteiger charge is -2.23. The van der Waals surface area contributed by atoms with Crippen LogP contribution < -0.4 is 4.74 Å². The Morgan fingerprint density at radius 2 is 1.75 bits per heavy atom. The van der Waals surface area contributed by atoms with Gasteiger partial charge in [0.2, 0.25) is 10.0 Å². The van der Waals surface area contributed by atoms with Crippen molar-refractivity contribution in [1.29, 1.82) is 0 Å². The Bertz CT molecular complexity index is 929. The molecule has 3 rings (SSSR count). The van der Waals surface area contributed by atoms with Gasteiger partial charge in [-0.3, -0.25) is 0 Å². The maximum Gasteiger partial charge on any atom is 0.247 e. The minimum absolute atomic E-state index is 0.137. The van der Waals surface area contributed by atoms with Crippen LogP contribution in [0.4, 0.5) is 0 Å². The van der Waals surface area contributed by atoms with Gasteiger partial charge >= 0.3 is 0 Å². The number of hydrogen-bond acceptors (Lipinski definition) is 4. The summed E-state index contributed by atoms with van der Waals surface area (Å²) in [6.07, 6.45) is 0. The number of nitrogens with zero attached hydrogens (tertiary/aromatic N) is 1. The lowest BCUT2D eigenvalue weighted by atomic mass is 10.2. The average Bonchev–Trinajstić information content (AvgIpc) is 3.04. The van der Waals surface area contributed by atoms with Crippen LogP contribution in [0.1, 0.15) is 18.7 Å². The van der Waals surface area contributed by atoms with E-state index in [2.05, 4.69) is 0 Å². The standard InChI is InChI=1S/C18H19NO4S/c1-13(17-12-14-8-4-5-9-15(14)23-17)19(2)24(20,21)18-11-7-6-10-16(18)22-3/h4-13H,1-3H3. The summed E-state index contributed by atoms with van der Waals surface area (Å²) in [5.74, 6) is 0.915. The summed E-state index contributed by atoms with van der Waals surface area (Å²) in [7, 11) is -0.722. The topological polar surface area (TPSA) is 59.8 Å². The molecular weight excluding hydrogens is 326 g/mol. The summed E-state index contributed by atoms with van der Waals surface area (Å²) in [4.78, 5) is 0.137. The largest absolute Gasteiger partial charge is 0.495 e. The quantitative estimate of drug-likeness (QED) is 0.705. The van der Waals surface area contributed by atoms with Gasteiger partial charge in [-0.25, -0.2) is 8.42 Å². The van der Waals surface area contributed by atoms with E-state index < -0.39 is 16.1 Å². The zero-order chi connectivity index (χ0) is 17.3. The molecule has 126 valence electrons. The molecule has 0 aliphatic heterocycles. The Morgan fingerprint density at radius 1 is 1.08 bits per heavy atom. The van der Waals surface area contributed by atoms with E-state index in [1.54, 1.807) is 32.2 Å². The lowest BCUT2D eigenvalue weighted by molar-refractivity contribution is 0.344. The van der Waals surface area contributed by atoms with Crippen molar-refractivity contribution in [3.63, 3.8) is 0 Å². The fraction of sp³-hybridized carbons (Fsp3) is 0.222. The Balaban J connectivity index is 1.98. The number of fused-ring (bicyclic) bond motifs is 1. The fourth-order valence-electron chi connectivity index (χ4n) is 2.58. The Labute approximate surface area is 141 Å². The number of benzene rings is 2. The number of ether oxygens (including phenoxy) is 1. The molecular formula is C18H19NO4S. The predicted octanol–water partition coefficient (Wildman–Crippen LogP) is 3.82. The zero-order valence-electron chi connectivity index (χ0n) is 13.8. The molecule has 0 amide bonds. The van der Waals surface area contributed by atoms with Gasteiger partial charge in [-0.15, -0.1) is 0 Å². The van der Waals surface area contributed by atoms with Crippen LogP contribution in [0.3, 0.4) is 0 Å². The molecule has 1 aromatic heterocycles. The van der Waals surface area contributed by atoms with Gasteiger partial charge in [0.25, 0.3) is 0 Å². The van der Waals surface area contributed by atoms with Crippen molar-refractivity contribution >= 4 is 21.0 Å². The van der Waals surface area contributed by atoms with Crippen molar-refractivity contribution in [2.24, 2.45) is 0 Å². The van der Waals surface area contributed by atoms with Gasteiger partial charge in [-0.1, -0.05) is 30.3 Å². The van der Waals surface area contributed by atoms with Crippen LogP contribution in [0.5, 0.6) is 5.75 Å². The SMILES string of the molecule is COc1ccccc1S(=O)(=O)N(C)C(C)c1cc2ccccc2o1. The van der Waals surface area contributed by atoms with Crippen LogP contribution in [0.25, 0.3) is 11.0 Å². The lowest BCUT2D eigenvalue weighted by Crippen LogP contribution is -2.29. The second-order valence-corrected chi connectivity index (χ2v) is 7.50. The number of hydrogen-bond donors (Lipinski definition) is 0.